The summed E-state index contributed by atoms with van der Waals surface area (Å²) in [4.78, 5) is 4.78. The minimum absolute atomic E-state index is 0.383. The van der Waals surface area contributed by atoms with Gasteiger partial charge in [0, 0.05) is 31.4 Å². The summed E-state index contributed by atoms with van der Waals surface area (Å²) in [6, 6.07) is 19.6. The Balaban J connectivity index is 1.65. The van der Waals surface area contributed by atoms with E-state index in [4.69, 9.17) is 4.98 Å². The van der Waals surface area contributed by atoms with Crippen LogP contribution in [-0.2, 0) is 13.0 Å². The van der Waals surface area contributed by atoms with Gasteiger partial charge in [0.25, 0.3) is 0 Å². The van der Waals surface area contributed by atoms with Gasteiger partial charge in [-0.2, -0.15) is 0 Å². The average Bonchev–Trinajstić information content (AvgIpc) is 2.73. The van der Waals surface area contributed by atoms with Gasteiger partial charge in [-0.25, -0.2) is 0 Å². The molecule has 29 heavy (non-hydrogen) atoms. The smallest absolute Gasteiger partial charge is 0.0660 e. The van der Waals surface area contributed by atoms with Crippen molar-refractivity contribution in [3.8, 4) is 11.1 Å². The van der Waals surface area contributed by atoms with E-state index in [1.165, 1.54) is 27.8 Å². The summed E-state index contributed by atoms with van der Waals surface area (Å²) < 4.78 is 0. The molecular weight excluding hydrogens is 354 g/mol. The molecule has 1 aromatic heterocycles. The van der Waals surface area contributed by atoms with E-state index in [-0.39, 0.29) is 0 Å². The minimum Gasteiger partial charge on any atom is -0.382 e. The van der Waals surface area contributed by atoms with E-state index in [1.54, 1.807) is 0 Å². The Kier molecular flexibility index (Phi) is 7.42. The number of anilines is 1. The van der Waals surface area contributed by atoms with Crippen molar-refractivity contribution in [3.63, 3.8) is 0 Å². The molecule has 0 saturated carbocycles. The van der Waals surface area contributed by atoms with Gasteiger partial charge in [-0.15, -0.1) is 0 Å². The molecule has 3 aromatic rings. The second kappa shape index (κ2) is 10.2. The van der Waals surface area contributed by atoms with Gasteiger partial charge >= 0.3 is 0 Å². The van der Waals surface area contributed by atoms with E-state index in [1.807, 2.05) is 6.20 Å². The van der Waals surface area contributed by atoms with Crippen molar-refractivity contribution in [2.45, 2.75) is 46.6 Å². The lowest BCUT2D eigenvalue weighted by Gasteiger charge is -2.16. The summed E-state index contributed by atoms with van der Waals surface area (Å²) >= 11 is 0. The quantitative estimate of drug-likeness (QED) is 0.446. The van der Waals surface area contributed by atoms with E-state index < -0.39 is 0 Å². The molecule has 0 aliphatic heterocycles. The lowest BCUT2D eigenvalue weighted by molar-refractivity contribution is 0.705. The van der Waals surface area contributed by atoms with E-state index in [0.717, 1.165) is 37.4 Å². The number of hydrogen-bond acceptors (Lipinski definition) is 3. The first-order valence-electron chi connectivity index (χ1n) is 10.7. The Hall–Kier alpha value is -2.65. The van der Waals surface area contributed by atoms with Crippen LogP contribution in [-0.4, -0.2) is 18.1 Å². The highest BCUT2D eigenvalue weighted by molar-refractivity contribution is 5.69. The molecule has 2 N–H and O–H groups in total. The zero-order valence-electron chi connectivity index (χ0n) is 18.1. The molecule has 2 aromatic carbocycles. The molecule has 0 amide bonds. The first-order valence-corrected chi connectivity index (χ1v) is 10.7. The largest absolute Gasteiger partial charge is 0.382 e. The zero-order chi connectivity index (χ0) is 20.6. The minimum atomic E-state index is 0.383. The standard InChI is InChI=1S/C26H33N3/c1-5-21-9-7-11-23(15-21)24-16-25(26(19(2)3)29-18-24)28-13-12-27-17-22-10-6-8-20(4)14-22/h6-11,14-16,18-19,27-28H,5,12-13,17H2,1-4H3. The molecule has 1 heterocycles. The summed E-state index contributed by atoms with van der Waals surface area (Å²) in [6.45, 7) is 11.4. The van der Waals surface area contributed by atoms with Gasteiger partial charge in [-0.3, -0.25) is 4.98 Å². The Morgan fingerprint density at radius 1 is 0.897 bits per heavy atom. The molecule has 152 valence electrons. The summed E-state index contributed by atoms with van der Waals surface area (Å²) in [5, 5.41) is 7.13. The number of aryl methyl sites for hydroxylation is 2. The second-order valence-electron chi connectivity index (χ2n) is 7.96. The fourth-order valence-electron chi connectivity index (χ4n) is 3.55. The number of nitrogens with one attached hydrogen (secondary N) is 2. The number of nitrogens with zero attached hydrogens (tertiary/aromatic N) is 1. The third-order valence-electron chi connectivity index (χ3n) is 5.16. The molecule has 0 aliphatic rings. The molecule has 0 aliphatic carbocycles. The van der Waals surface area contributed by atoms with Crippen LogP contribution in [0.15, 0.2) is 60.8 Å². The molecule has 0 unspecified atom stereocenters. The van der Waals surface area contributed by atoms with E-state index in [9.17, 15) is 0 Å². The molecule has 0 radical (unpaired) electrons. The molecule has 0 fully saturated rings. The van der Waals surface area contributed by atoms with Crippen molar-refractivity contribution in [2.24, 2.45) is 0 Å². The fraction of sp³-hybridized carbons (Fsp3) is 0.346. The van der Waals surface area contributed by atoms with Crippen molar-refractivity contribution < 1.29 is 0 Å². The Bertz CT molecular complexity index is 931. The number of rotatable bonds is 9. The van der Waals surface area contributed by atoms with E-state index in [2.05, 4.69) is 92.9 Å². The number of pyridine rings is 1. The van der Waals surface area contributed by atoms with Crippen molar-refractivity contribution in [1.82, 2.24) is 10.3 Å². The third kappa shape index (κ3) is 5.91. The van der Waals surface area contributed by atoms with Gasteiger partial charge in [0.15, 0.2) is 0 Å². The van der Waals surface area contributed by atoms with Crippen LogP contribution in [0.4, 0.5) is 5.69 Å². The van der Waals surface area contributed by atoms with Crippen molar-refractivity contribution in [3.05, 3.63) is 83.2 Å². The van der Waals surface area contributed by atoms with Crippen molar-refractivity contribution in [2.75, 3.05) is 18.4 Å². The average molecular weight is 388 g/mol. The van der Waals surface area contributed by atoms with Crippen LogP contribution in [0.5, 0.6) is 0 Å². The zero-order valence-corrected chi connectivity index (χ0v) is 18.1. The predicted octanol–water partition coefficient (Wildman–Crippen LogP) is 5.94. The monoisotopic (exact) mass is 387 g/mol. The van der Waals surface area contributed by atoms with Crippen LogP contribution in [0.2, 0.25) is 0 Å². The molecule has 3 nitrogen and oxygen atoms in total. The van der Waals surface area contributed by atoms with E-state index >= 15 is 0 Å². The highest BCUT2D eigenvalue weighted by Gasteiger charge is 2.10. The van der Waals surface area contributed by atoms with Crippen molar-refractivity contribution in [1.29, 1.82) is 0 Å². The topological polar surface area (TPSA) is 37.0 Å². The maximum atomic E-state index is 4.78. The molecule has 3 heteroatoms. The third-order valence-corrected chi connectivity index (χ3v) is 5.16. The first kappa shape index (κ1) is 21.1. The fourth-order valence-corrected chi connectivity index (χ4v) is 3.55. The maximum absolute atomic E-state index is 4.78. The molecular formula is C26H33N3. The van der Waals surface area contributed by atoms with Crippen LogP contribution >= 0.6 is 0 Å². The van der Waals surface area contributed by atoms with Gasteiger partial charge in [0.1, 0.15) is 0 Å². The van der Waals surface area contributed by atoms with Crippen LogP contribution in [0, 0.1) is 6.92 Å². The SMILES string of the molecule is CCc1cccc(-c2cnc(C(C)C)c(NCCNCc3cccc(C)c3)c2)c1. The number of hydrogen-bond donors (Lipinski definition) is 2. The summed E-state index contributed by atoms with van der Waals surface area (Å²) in [7, 11) is 0. The van der Waals surface area contributed by atoms with Crippen LogP contribution in [0.3, 0.4) is 0 Å². The van der Waals surface area contributed by atoms with E-state index in [0.29, 0.717) is 5.92 Å². The van der Waals surface area contributed by atoms with Crippen LogP contribution in [0.25, 0.3) is 11.1 Å². The lowest BCUT2D eigenvalue weighted by Crippen LogP contribution is -2.22. The highest BCUT2D eigenvalue weighted by atomic mass is 15.0. The summed E-state index contributed by atoms with van der Waals surface area (Å²) in [5.74, 6) is 0.383. The van der Waals surface area contributed by atoms with Crippen LogP contribution in [0.1, 0.15) is 49.1 Å². The van der Waals surface area contributed by atoms with Crippen LogP contribution < -0.4 is 10.6 Å². The summed E-state index contributed by atoms with van der Waals surface area (Å²) in [6.07, 6.45) is 3.05. The van der Waals surface area contributed by atoms with Gasteiger partial charge < -0.3 is 10.6 Å². The maximum Gasteiger partial charge on any atom is 0.0660 e. The van der Waals surface area contributed by atoms with Gasteiger partial charge in [0.05, 0.1) is 11.4 Å². The highest BCUT2D eigenvalue weighted by Crippen LogP contribution is 2.28. The normalized spacial score (nSPS) is 11.1. The Morgan fingerprint density at radius 3 is 2.45 bits per heavy atom. The van der Waals surface area contributed by atoms with Gasteiger partial charge in [-0.05, 0) is 42.0 Å². The predicted molar refractivity (Wildman–Crippen MR) is 125 cm³/mol. The lowest BCUT2D eigenvalue weighted by atomic mass is 10.0. The van der Waals surface area contributed by atoms with Crippen molar-refractivity contribution >= 4 is 5.69 Å². The second-order valence-corrected chi connectivity index (χ2v) is 7.96. The molecule has 0 atom stereocenters. The Labute approximate surface area is 175 Å². The van der Waals surface area contributed by atoms with Gasteiger partial charge in [0.2, 0.25) is 0 Å². The first-order chi connectivity index (χ1) is 14.1. The molecule has 0 bridgehead atoms. The Morgan fingerprint density at radius 2 is 1.69 bits per heavy atom. The summed E-state index contributed by atoms with van der Waals surface area (Å²) in [5.41, 5.74) is 8.64. The molecule has 3 rings (SSSR count). The molecule has 0 spiro atoms. The number of aromatic nitrogens is 1. The molecule has 0 saturated heterocycles. The van der Waals surface area contributed by atoms with Gasteiger partial charge in [-0.1, -0.05) is 74.9 Å². The number of benzene rings is 2.